The highest BCUT2D eigenvalue weighted by atomic mass is 79.9. The van der Waals surface area contributed by atoms with Gasteiger partial charge in [-0.15, -0.1) is 0 Å². The summed E-state index contributed by atoms with van der Waals surface area (Å²) in [5, 5.41) is 0. The second-order valence-electron chi connectivity index (χ2n) is 1.23. The van der Waals surface area contributed by atoms with E-state index in [4.69, 9.17) is 0 Å². The molecule has 0 bridgehead atoms. The van der Waals surface area contributed by atoms with Crippen LogP contribution in [0, 0.1) is 0 Å². The lowest BCUT2D eigenvalue weighted by molar-refractivity contribution is 1.73. The fraction of sp³-hybridized carbons (Fsp3) is 0.143. The van der Waals surface area contributed by atoms with E-state index < -0.39 is 0 Å². The SMILES string of the molecule is CC=CC=CC=CBr. The highest BCUT2D eigenvalue weighted by Gasteiger charge is 1.56. The normalized spacial score (nSPS) is 12.8. The molecule has 0 saturated carbocycles. The van der Waals surface area contributed by atoms with Crippen LogP contribution in [0.3, 0.4) is 0 Å². The largest absolute Gasteiger partial charge is 0.0877 e. The van der Waals surface area contributed by atoms with Crippen LogP contribution in [0.25, 0.3) is 0 Å². The van der Waals surface area contributed by atoms with Crippen LogP contribution in [-0.2, 0) is 0 Å². The van der Waals surface area contributed by atoms with Gasteiger partial charge in [-0.05, 0) is 11.9 Å². The molecule has 0 aromatic carbocycles. The van der Waals surface area contributed by atoms with E-state index in [1.54, 1.807) is 0 Å². The molecule has 0 atom stereocenters. The first kappa shape index (κ1) is 7.70. The lowest BCUT2D eigenvalue weighted by atomic mass is 10.4. The molecule has 0 rings (SSSR count). The van der Waals surface area contributed by atoms with Crippen LogP contribution in [0.2, 0.25) is 0 Å². The molecule has 8 heavy (non-hydrogen) atoms. The Balaban J connectivity index is 3.35. The highest BCUT2D eigenvalue weighted by Crippen LogP contribution is 1.83. The molecular weight excluding hydrogens is 164 g/mol. The first-order valence-electron chi connectivity index (χ1n) is 2.46. The summed E-state index contributed by atoms with van der Waals surface area (Å²) < 4.78 is 0. The van der Waals surface area contributed by atoms with Crippen molar-refractivity contribution in [1.29, 1.82) is 0 Å². The Hall–Kier alpha value is -0.300. The van der Waals surface area contributed by atoms with Crippen LogP contribution in [0.4, 0.5) is 0 Å². The number of halogens is 1. The van der Waals surface area contributed by atoms with Crippen molar-refractivity contribution in [3.05, 3.63) is 35.4 Å². The Kier molecular flexibility index (Phi) is 6.45. The Bertz CT molecular complexity index is 95.6. The molecule has 44 valence electrons. The number of rotatable bonds is 2. The summed E-state index contributed by atoms with van der Waals surface area (Å²) in [5.41, 5.74) is 0. The predicted octanol–water partition coefficient (Wildman–Crippen LogP) is 3.03. The quantitative estimate of drug-likeness (QED) is 0.563. The van der Waals surface area contributed by atoms with Crippen LogP contribution in [0.5, 0.6) is 0 Å². The van der Waals surface area contributed by atoms with Gasteiger partial charge in [0.2, 0.25) is 0 Å². The summed E-state index contributed by atoms with van der Waals surface area (Å²) in [4.78, 5) is 1.81. The fourth-order valence-electron chi connectivity index (χ4n) is 0.281. The minimum absolute atomic E-state index is 1.81. The van der Waals surface area contributed by atoms with E-state index in [1.807, 2.05) is 42.3 Å². The first-order valence-corrected chi connectivity index (χ1v) is 3.38. The third-order valence-corrected chi connectivity index (χ3v) is 0.904. The van der Waals surface area contributed by atoms with E-state index in [1.165, 1.54) is 0 Å². The Morgan fingerprint density at radius 1 is 1.00 bits per heavy atom. The minimum atomic E-state index is 1.81. The standard InChI is InChI=1S/C7H9Br/c1-2-3-4-5-6-7-8/h2-7H,1H3. The van der Waals surface area contributed by atoms with Gasteiger partial charge in [-0.3, -0.25) is 0 Å². The van der Waals surface area contributed by atoms with Crippen molar-refractivity contribution in [3.63, 3.8) is 0 Å². The zero-order chi connectivity index (χ0) is 6.24. The van der Waals surface area contributed by atoms with Crippen molar-refractivity contribution >= 4 is 15.9 Å². The van der Waals surface area contributed by atoms with Crippen LogP contribution in [-0.4, -0.2) is 0 Å². The molecule has 0 aliphatic carbocycles. The van der Waals surface area contributed by atoms with Crippen LogP contribution < -0.4 is 0 Å². The summed E-state index contributed by atoms with van der Waals surface area (Å²) >= 11 is 3.15. The Morgan fingerprint density at radius 3 is 2.12 bits per heavy atom. The van der Waals surface area contributed by atoms with Gasteiger partial charge in [0.05, 0.1) is 0 Å². The van der Waals surface area contributed by atoms with Gasteiger partial charge < -0.3 is 0 Å². The van der Waals surface area contributed by atoms with Crippen molar-refractivity contribution in [3.8, 4) is 0 Å². The monoisotopic (exact) mass is 172 g/mol. The molecule has 0 nitrogen and oxygen atoms in total. The fourth-order valence-corrected chi connectivity index (χ4v) is 0.458. The van der Waals surface area contributed by atoms with Gasteiger partial charge in [-0.2, -0.15) is 0 Å². The topological polar surface area (TPSA) is 0 Å². The molecular formula is C7H9Br. The summed E-state index contributed by atoms with van der Waals surface area (Å²) in [6.07, 6.45) is 9.80. The molecule has 0 amide bonds. The van der Waals surface area contributed by atoms with Crippen molar-refractivity contribution in [1.82, 2.24) is 0 Å². The minimum Gasteiger partial charge on any atom is -0.0877 e. The third-order valence-electron chi connectivity index (χ3n) is 0.599. The van der Waals surface area contributed by atoms with Gasteiger partial charge in [0.15, 0.2) is 0 Å². The molecule has 0 aromatic heterocycles. The summed E-state index contributed by atoms with van der Waals surface area (Å²) in [6.45, 7) is 1.99. The van der Waals surface area contributed by atoms with Crippen molar-refractivity contribution in [2.45, 2.75) is 6.92 Å². The smallest absolute Gasteiger partial charge is 0.0189 e. The molecule has 0 N–H and O–H groups in total. The van der Waals surface area contributed by atoms with Crippen molar-refractivity contribution < 1.29 is 0 Å². The predicted molar refractivity (Wildman–Crippen MR) is 42.0 cm³/mol. The van der Waals surface area contributed by atoms with Crippen LogP contribution in [0.1, 0.15) is 6.92 Å². The van der Waals surface area contributed by atoms with Gasteiger partial charge in [-0.25, -0.2) is 0 Å². The number of allylic oxidation sites excluding steroid dienone is 5. The second kappa shape index (κ2) is 6.70. The third kappa shape index (κ3) is 5.70. The van der Waals surface area contributed by atoms with E-state index in [-0.39, 0.29) is 0 Å². The van der Waals surface area contributed by atoms with E-state index in [2.05, 4.69) is 15.9 Å². The number of hydrogen-bond donors (Lipinski definition) is 0. The van der Waals surface area contributed by atoms with E-state index in [9.17, 15) is 0 Å². The van der Waals surface area contributed by atoms with Crippen molar-refractivity contribution in [2.24, 2.45) is 0 Å². The van der Waals surface area contributed by atoms with Gasteiger partial charge in [0, 0.05) is 0 Å². The maximum atomic E-state index is 3.15. The highest BCUT2D eigenvalue weighted by molar-refractivity contribution is 9.11. The molecule has 0 spiro atoms. The van der Waals surface area contributed by atoms with Gasteiger partial charge >= 0.3 is 0 Å². The molecule has 0 aliphatic heterocycles. The van der Waals surface area contributed by atoms with Gasteiger partial charge in [-0.1, -0.05) is 46.3 Å². The lowest BCUT2D eigenvalue weighted by Crippen LogP contribution is -1.44. The zero-order valence-corrected chi connectivity index (χ0v) is 6.43. The molecule has 0 saturated heterocycles. The summed E-state index contributed by atoms with van der Waals surface area (Å²) in [6, 6.07) is 0. The molecule has 0 fully saturated rings. The summed E-state index contributed by atoms with van der Waals surface area (Å²) in [7, 11) is 0. The van der Waals surface area contributed by atoms with Crippen LogP contribution >= 0.6 is 15.9 Å². The molecule has 0 unspecified atom stereocenters. The van der Waals surface area contributed by atoms with Crippen molar-refractivity contribution in [2.75, 3.05) is 0 Å². The Morgan fingerprint density at radius 2 is 1.62 bits per heavy atom. The molecule has 0 aliphatic rings. The van der Waals surface area contributed by atoms with E-state index >= 15 is 0 Å². The van der Waals surface area contributed by atoms with Crippen LogP contribution in [0.15, 0.2) is 35.4 Å². The maximum absolute atomic E-state index is 3.15. The maximum Gasteiger partial charge on any atom is -0.0189 e. The summed E-state index contributed by atoms with van der Waals surface area (Å²) in [5.74, 6) is 0. The molecule has 0 radical (unpaired) electrons. The van der Waals surface area contributed by atoms with E-state index in [0.717, 1.165) is 0 Å². The average molecular weight is 173 g/mol. The van der Waals surface area contributed by atoms with Gasteiger partial charge in [0.25, 0.3) is 0 Å². The van der Waals surface area contributed by atoms with Gasteiger partial charge in [0.1, 0.15) is 0 Å². The molecule has 1 heteroatoms. The lowest BCUT2D eigenvalue weighted by Gasteiger charge is -1.67. The molecule has 0 aromatic rings. The first-order chi connectivity index (χ1) is 3.91. The average Bonchev–Trinajstić information content (AvgIpc) is 1.81. The zero-order valence-electron chi connectivity index (χ0n) is 4.84. The molecule has 0 heterocycles. The van der Waals surface area contributed by atoms with E-state index in [0.29, 0.717) is 0 Å². The number of hydrogen-bond acceptors (Lipinski definition) is 0. The second-order valence-corrected chi connectivity index (χ2v) is 1.76. The Labute approximate surface area is 58.7 Å².